The van der Waals surface area contributed by atoms with Crippen LogP contribution < -0.4 is 15.0 Å². The van der Waals surface area contributed by atoms with Crippen LogP contribution >= 0.6 is 0 Å². The van der Waals surface area contributed by atoms with E-state index in [1.807, 2.05) is 89.9 Å². The van der Waals surface area contributed by atoms with Crippen LogP contribution in [0.15, 0.2) is 59.6 Å². The number of amides is 1. The van der Waals surface area contributed by atoms with Crippen LogP contribution in [0.2, 0.25) is 0 Å². The molecule has 1 atom stereocenters. The Balaban J connectivity index is 0.000000409. The second-order valence-electron chi connectivity index (χ2n) is 11.6. The molecule has 0 radical (unpaired) electrons. The van der Waals surface area contributed by atoms with Crippen molar-refractivity contribution in [3.63, 3.8) is 0 Å². The number of rotatable bonds is 2. The third-order valence-electron chi connectivity index (χ3n) is 7.04. The fourth-order valence-electron chi connectivity index (χ4n) is 5.16. The second-order valence-corrected chi connectivity index (χ2v) is 11.6. The van der Waals surface area contributed by atoms with E-state index >= 15 is 0 Å². The summed E-state index contributed by atoms with van der Waals surface area (Å²) in [6.45, 7) is 21.5. The molecular formula is C38H60N4O3. The monoisotopic (exact) mass is 620 g/mol. The van der Waals surface area contributed by atoms with Crippen molar-refractivity contribution >= 4 is 34.3 Å². The van der Waals surface area contributed by atoms with Crippen molar-refractivity contribution in [2.24, 2.45) is 4.99 Å². The van der Waals surface area contributed by atoms with E-state index in [0.29, 0.717) is 5.56 Å². The topological polar surface area (TPSA) is 66.4 Å². The first-order chi connectivity index (χ1) is 21.2. The lowest BCUT2D eigenvalue weighted by atomic mass is 10.0. The zero-order chi connectivity index (χ0) is 32.7. The van der Waals surface area contributed by atoms with Gasteiger partial charge in [-0.3, -0.25) is 9.79 Å². The van der Waals surface area contributed by atoms with Crippen molar-refractivity contribution in [3.8, 4) is 5.75 Å². The lowest BCUT2D eigenvalue weighted by Gasteiger charge is -2.29. The van der Waals surface area contributed by atoms with Gasteiger partial charge in [0, 0.05) is 58.8 Å². The number of fused-ring (bicyclic) bond motifs is 3. The SMILES string of the molecule is C.CC.CC.CC(C)(C)Oc1ccc2cc3c(cc2c1)C(=O)N1CCCC1C=N3.COC.Cc1ccc(N2CCNCC2)cc1. The fourth-order valence-corrected chi connectivity index (χ4v) is 5.16. The summed E-state index contributed by atoms with van der Waals surface area (Å²) < 4.78 is 10.2. The lowest BCUT2D eigenvalue weighted by Crippen LogP contribution is -2.43. The minimum Gasteiger partial charge on any atom is -0.488 e. The number of hydrogen-bond donors (Lipinski definition) is 1. The molecule has 1 amide bonds. The number of methoxy groups -OCH3 is 1. The van der Waals surface area contributed by atoms with Crippen LogP contribution in [-0.2, 0) is 4.74 Å². The molecule has 0 aliphatic carbocycles. The highest BCUT2D eigenvalue weighted by Gasteiger charge is 2.31. The molecule has 45 heavy (non-hydrogen) atoms. The van der Waals surface area contributed by atoms with E-state index in [1.54, 1.807) is 14.2 Å². The number of carbonyl (C=O) groups is 1. The third-order valence-corrected chi connectivity index (χ3v) is 7.04. The van der Waals surface area contributed by atoms with Crippen LogP contribution in [0.25, 0.3) is 10.8 Å². The van der Waals surface area contributed by atoms with Gasteiger partial charge >= 0.3 is 0 Å². The number of hydrogen-bond acceptors (Lipinski definition) is 6. The van der Waals surface area contributed by atoms with E-state index in [1.165, 1.54) is 11.3 Å². The van der Waals surface area contributed by atoms with Gasteiger partial charge in [-0.05, 0) is 87.7 Å². The van der Waals surface area contributed by atoms with Gasteiger partial charge in [0.25, 0.3) is 5.91 Å². The van der Waals surface area contributed by atoms with E-state index in [2.05, 4.69) is 51.1 Å². The molecule has 3 aromatic carbocycles. The normalized spacial score (nSPS) is 16.4. The highest BCUT2D eigenvalue weighted by atomic mass is 16.5. The minimum atomic E-state index is -0.248. The molecule has 7 heteroatoms. The van der Waals surface area contributed by atoms with Gasteiger partial charge in [-0.1, -0.05) is 58.9 Å². The predicted molar refractivity (Wildman–Crippen MR) is 195 cm³/mol. The third kappa shape index (κ3) is 11.8. The first-order valence-electron chi connectivity index (χ1n) is 16.2. The van der Waals surface area contributed by atoms with E-state index < -0.39 is 0 Å². The van der Waals surface area contributed by atoms with Crippen LogP contribution in [0.4, 0.5) is 11.4 Å². The molecule has 2 fully saturated rings. The summed E-state index contributed by atoms with van der Waals surface area (Å²) in [6, 6.07) is 18.9. The molecule has 0 spiro atoms. The number of aryl methyl sites for hydroxylation is 1. The largest absolute Gasteiger partial charge is 0.488 e. The Hall–Kier alpha value is -3.42. The van der Waals surface area contributed by atoms with Gasteiger partial charge in [-0.15, -0.1) is 0 Å². The van der Waals surface area contributed by atoms with Gasteiger partial charge < -0.3 is 24.6 Å². The molecule has 0 saturated carbocycles. The van der Waals surface area contributed by atoms with Gasteiger partial charge in [0.1, 0.15) is 11.4 Å². The zero-order valence-corrected chi connectivity index (χ0v) is 28.9. The Morgan fingerprint density at radius 2 is 1.49 bits per heavy atom. The zero-order valence-electron chi connectivity index (χ0n) is 28.9. The van der Waals surface area contributed by atoms with Crippen LogP contribution in [-0.4, -0.2) is 75.6 Å². The van der Waals surface area contributed by atoms with E-state index in [0.717, 1.165) is 67.8 Å². The summed E-state index contributed by atoms with van der Waals surface area (Å²) in [5.41, 5.74) is 3.90. The number of benzene rings is 3. The summed E-state index contributed by atoms with van der Waals surface area (Å²) in [5.74, 6) is 0.910. The Morgan fingerprint density at radius 1 is 0.867 bits per heavy atom. The van der Waals surface area contributed by atoms with Crippen LogP contribution in [0.5, 0.6) is 5.75 Å². The average Bonchev–Trinajstić information content (AvgIpc) is 3.46. The second kappa shape index (κ2) is 19.9. The number of anilines is 1. The van der Waals surface area contributed by atoms with Gasteiger partial charge in [-0.2, -0.15) is 0 Å². The smallest absolute Gasteiger partial charge is 0.256 e. The summed E-state index contributed by atoms with van der Waals surface area (Å²) >= 11 is 0. The molecule has 0 aromatic heterocycles. The molecule has 0 bridgehead atoms. The van der Waals surface area contributed by atoms with Crippen LogP contribution in [0, 0.1) is 6.92 Å². The Bertz CT molecular complexity index is 1310. The number of carbonyl (C=O) groups excluding carboxylic acids is 1. The quantitative estimate of drug-likeness (QED) is 0.311. The highest BCUT2D eigenvalue weighted by Crippen LogP contribution is 2.34. The van der Waals surface area contributed by atoms with Crippen LogP contribution in [0.1, 0.15) is 84.7 Å². The molecule has 250 valence electrons. The van der Waals surface area contributed by atoms with E-state index in [-0.39, 0.29) is 25.0 Å². The molecule has 1 unspecified atom stereocenters. The molecule has 1 N–H and O–H groups in total. The van der Waals surface area contributed by atoms with E-state index in [4.69, 9.17) is 4.74 Å². The summed E-state index contributed by atoms with van der Waals surface area (Å²) in [4.78, 5) is 21.9. The first-order valence-corrected chi connectivity index (χ1v) is 16.2. The first kappa shape index (κ1) is 39.6. The summed E-state index contributed by atoms with van der Waals surface area (Å²) in [5, 5.41) is 5.44. The van der Waals surface area contributed by atoms with E-state index in [9.17, 15) is 4.79 Å². The Morgan fingerprint density at radius 3 is 2.09 bits per heavy atom. The maximum Gasteiger partial charge on any atom is 0.256 e. The number of ether oxygens (including phenoxy) is 2. The summed E-state index contributed by atoms with van der Waals surface area (Å²) in [6.07, 6.45) is 3.99. The van der Waals surface area contributed by atoms with Crippen molar-refractivity contribution in [1.82, 2.24) is 10.2 Å². The Labute approximate surface area is 274 Å². The molecule has 2 saturated heterocycles. The Kier molecular flexibility index (Phi) is 17.5. The molecule has 3 aromatic rings. The van der Waals surface area contributed by atoms with Gasteiger partial charge in [-0.25, -0.2) is 0 Å². The average molecular weight is 621 g/mol. The van der Waals surface area contributed by atoms with Crippen LogP contribution in [0.3, 0.4) is 0 Å². The van der Waals surface area contributed by atoms with Crippen molar-refractivity contribution in [2.45, 2.75) is 87.3 Å². The number of nitrogens with zero attached hydrogens (tertiary/aromatic N) is 3. The molecule has 3 heterocycles. The standard InChI is InChI=1S/C20H22N2O2.C11H16N2.C2H6O.2C2H6.CH4/c1-20(2,3)24-16-7-6-13-11-18-17(10-14(13)9-16)19(23)22-8-4-5-15(22)12-21-18;1-10-2-4-11(5-3-10)13-8-6-12-7-9-13;1-3-2;2*1-2;/h6-7,9-12,15H,4-5,8H2,1-3H3;2-5,12H,6-9H2,1H3;1-2H3;2*1-2H3;1H4. The maximum absolute atomic E-state index is 12.9. The fraction of sp³-hybridized carbons (Fsp3) is 0.526. The minimum absolute atomic E-state index is 0. The van der Waals surface area contributed by atoms with Gasteiger partial charge in [0.05, 0.1) is 17.3 Å². The maximum atomic E-state index is 12.9. The lowest BCUT2D eigenvalue weighted by molar-refractivity contribution is 0.0775. The molecule has 6 rings (SSSR count). The van der Waals surface area contributed by atoms with Crippen molar-refractivity contribution in [3.05, 3.63) is 65.7 Å². The van der Waals surface area contributed by atoms with Crippen molar-refractivity contribution < 1.29 is 14.3 Å². The van der Waals surface area contributed by atoms with Crippen molar-refractivity contribution in [2.75, 3.05) is 51.8 Å². The van der Waals surface area contributed by atoms with Crippen molar-refractivity contribution in [1.29, 1.82) is 0 Å². The number of aliphatic imine (C=N–C) groups is 1. The summed E-state index contributed by atoms with van der Waals surface area (Å²) in [7, 11) is 3.25. The van der Waals surface area contributed by atoms with Gasteiger partial charge in [0.15, 0.2) is 0 Å². The predicted octanol–water partition coefficient (Wildman–Crippen LogP) is 8.69. The number of piperazine rings is 1. The molecule has 3 aliphatic heterocycles. The molecular weight excluding hydrogens is 560 g/mol. The highest BCUT2D eigenvalue weighted by molar-refractivity contribution is 6.06. The molecule has 7 nitrogen and oxygen atoms in total. The molecule has 3 aliphatic rings. The van der Waals surface area contributed by atoms with Gasteiger partial charge in [0.2, 0.25) is 0 Å². The number of nitrogens with one attached hydrogen (secondary N) is 1.